The lowest BCUT2D eigenvalue weighted by atomic mass is 9.75. The molecule has 1 aliphatic carbocycles. The van der Waals surface area contributed by atoms with Gasteiger partial charge in [0.1, 0.15) is 0 Å². The van der Waals surface area contributed by atoms with Crippen LogP contribution >= 0.6 is 0 Å². The quantitative estimate of drug-likeness (QED) is 0.767. The maximum atomic E-state index is 11.6. The van der Waals surface area contributed by atoms with Crippen molar-refractivity contribution >= 4 is 5.97 Å². The van der Waals surface area contributed by atoms with E-state index in [0.29, 0.717) is 17.9 Å². The first-order chi connectivity index (χ1) is 9.36. The van der Waals surface area contributed by atoms with Crippen molar-refractivity contribution < 1.29 is 9.90 Å². The van der Waals surface area contributed by atoms with Crippen LogP contribution in [-0.2, 0) is 4.79 Å². The fourth-order valence-electron chi connectivity index (χ4n) is 3.82. The van der Waals surface area contributed by atoms with Crippen molar-refractivity contribution in [1.29, 1.82) is 0 Å². The predicted octanol–water partition coefficient (Wildman–Crippen LogP) is 4.02. The molecule has 1 rings (SSSR count). The lowest BCUT2D eigenvalue weighted by molar-refractivity contribution is -0.146. The van der Waals surface area contributed by atoms with Crippen LogP contribution in [-0.4, -0.2) is 35.1 Å². The summed E-state index contributed by atoms with van der Waals surface area (Å²) in [6.07, 6.45) is 6.59. The third kappa shape index (κ3) is 4.76. The minimum absolute atomic E-state index is 0.178. The van der Waals surface area contributed by atoms with E-state index in [1.54, 1.807) is 0 Å². The van der Waals surface area contributed by atoms with Crippen LogP contribution in [0.3, 0.4) is 0 Å². The van der Waals surface area contributed by atoms with Gasteiger partial charge in [-0.25, -0.2) is 0 Å². The Kier molecular flexibility index (Phi) is 7.01. The van der Waals surface area contributed by atoms with Crippen LogP contribution in [0.25, 0.3) is 0 Å². The second-order valence-corrected chi connectivity index (χ2v) is 7.12. The summed E-state index contributed by atoms with van der Waals surface area (Å²) in [5.74, 6) is 0.594. The molecular weight excluding hydrogens is 250 g/mol. The molecule has 0 heterocycles. The first kappa shape index (κ1) is 17.5. The molecule has 0 amide bonds. The highest BCUT2D eigenvalue weighted by molar-refractivity contribution is 5.71. The van der Waals surface area contributed by atoms with Gasteiger partial charge in [0.15, 0.2) is 0 Å². The predicted molar refractivity (Wildman–Crippen MR) is 83.8 cm³/mol. The molecule has 3 heteroatoms. The topological polar surface area (TPSA) is 40.5 Å². The monoisotopic (exact) mass is 283 g/mol. The third-order valence-electron chi connectivity index (χ3n) is 4.97. The van der Waals surface area contributed by atoms with Gasteiger partial charge in [0.25, 0.3) is 0 Å². The van der Waals surface area contributed by atoms with Crippen molar-refractivity contribution in [2.45, 2.75) is 78.3 Å². The van der Waals surface area contributed by atoms with Gasteiger partial charge < -0.3 is 5.11 Å². The van der Waals surface area contributed by atoms with Crippen LogP contribution in [0.5, 0.6) is 0 Å². The Morgan fingerprint density at radius 1 is 1.30 bits per heavy atom. The molecule has 3 nitrogen and oxygen atoms in total. The Labute approximate surface area is 124 Å². The zero-order valence-electron chi connectivity index (χ0n) is 13.9. The van der Waals surface area contributed by atoms with Crippen molar-refractivity contribution in [2.24, 2.45) is 17.8 Å². The van der Waals surface area contributed by atoms with Gasteiger partial charge in [0, 0.05) is 12.1 Å². The van der Waals surface area contributed by atoms with Crippen LogP contribution in [0.4, 0.5) is 0 Å². The molecule has 0 aromatic rings. The van der Waals surface area contributed by atoms with E-state index in [9.17, 15) is 9.90 Å². The lowest BCUT2D eigenvalue weighted by Gasteiger charge is -2.42. The minimum Gasteiger partial charge on any atom is -0.481 e. The normalized spacial score (nSPS) is 28.9. The maximum Gasteiger partial charge on any atom is 0.308 e. The van der Waals surface area contributed by atoms with Crippen molar-refractivity contribution in [3.05, 3.63) is 0 Å². The molecule has 1 saturated carbocycles. The van der Waals surface area contributed by atoms with E-state index >= 15 is 0 Å². The summed E-state index contributed by atoms with van der Waals surface area (Å²) >= 11 is 0. The summed E-state index contributed by atoms with van der Waals surface area (Å²) in [6, 6.07) is 0.675. The number of hydrogen-bond acceptors (Lipinski definition) is 2. The number of hydrogen-bond donors (Lipinski definition) is 1. The summed E-state index contributed by atoms with van der Waals surface area (Å²) in [5, 5.41) is 9.51. The Bertz CT molecular complexity index is 303. The maximum absolute atomic E-state index is 11.6. The highest BCUT2D eigenvalue weighted by atomic mass is 16.4. The van der Waals surface area contributed by atoms with Crippen LogP contribution < -0.4 is 0 Å². The van der Waals surface area contributed by atoms with Gasteiger partial charge in [-0.05, 0) is 51.5 Å². The van der Waals surface area contributed by atoms with Crippen LogP contribution in [0.15, 0.2) is 0 Å². The van der Waals surface area contributed by atoms with Crippen molar-refractivity contribution in [3.63, 3.8) is 0 Å². The van der Waals surface area contributed by atoms with E-state index in [2.05, 4.69) is 39.6 Å². The minimum atomic E-state index is -0.603. The number of aliphatic carboxylic acids is 1. The average Bonchev–Trinajstić information content (AvgIpc) is 2.37. The first-order valence-electron chi connectivity index (χ1n) is 8.31. The van der Waals surface area contributed by atoms with Crippen LogP contribution in [0.2, 0.25) is 0 Å². The second-order valence-electron chi connectivity index (χ2n) is 7.12. The van der Waals surface area contributed by atoms with E-state index in [-0.39, 0.29) is 12.0 Å². The van der Waals surface area contributed by atoms with Gasteiger partial charge in [-0.15, -0.1) is 0 Å². The molecule has 1 aliphatic rings. The highest BCUT2D eigenvalue weighted by Gasteiger charge is 2.38. The van der Waals surface area contributed by atoms with E-state index < -0.39 is 5.97 Å². The summed E-state index contributed by atoms with van der Waals surface area (Å²) in [5.41, 5.74) is 0. The van der Waals surface area contributed by atoms with E-state index in [1.807, 2.05) is 0 Å². The van der Waals surface area contributed by atoms with Gasteiger partial charge in [-0.1, -0.05) is 33.6 Å². The summed E-state index contributed by atoms with van der Waals surface area (Å²) < 4.78 is 0. The SMILES string of the molecule is CCCC1CCC(C(=O)O)C(N(C)C(C)CC(C)C)C1. The Balaban J connectivity index is 2.74. The largest absolute Gasteiger partial charge is 0.481 e. The number of rotatable bonds is 7. The molecule has 0 aromatic carbocycles. The van der Waals surface area contributed by atoms with E-state index in [4.69, 9.17) is 0 Å². The van der Waals surface area contributed by atoms with Crippen LogP contribution in [0.1, 0.15) is 66.2 Å². The van der Waals surface area contributed by atoms with Gasteiger partial charge in [0.2, 0.25) is 0 Å². The van der Waals surface area contributed by atoms with Crippen molar-refractivity contribution in [1.82, 2.24) is 4.90 Å². The van der Waals surface area contributed by atoms with Crippen molar-refractivity contribution in [2.75, 3.05) is 7.05 Å². The molecular formula is C17H33NO2. The molecule has 118 valence electrons. The molecule has 0 bridgehead atoms. The average molecular weight is 283 g/mol. The Hall–Kier alpha value is -0.570. The van der Waals surface area contributed by atoms with Crippen molar-refractivity contribution in [3.8, 4) is 0 Å². The first-order valence-corrected chi connectivity index (χ1v) is 8.31. The summed E-state index contributed by atoms with van der Waals surface area (Å²) in [6.45, 7) is 8.94. The molecule has 0 aromatic heterocycles. The third-order valence-corrected chi connectivity index (χ3v) is 4.97. The summed E-state index contributed by atoms with van der Waals surface area (Å²) in [4.78, 5) is 13.9. The molecule has 0 saturated heterocycles. The van der Waals surface area contributed by atoms with E-state index in [0.717, 1.165) is 25.7 Å². The zero-order chi connectivity index (χ0) is 15.3. The van der Waals surface area contributed by atoms with E-state index in [1.165, 1.54) is 12.8 Å². The number of carboxylic acids is 1. The standard InChI is InChI=1S/C17H33NO2/c1-6-7-14-8-9-15(17(19)20)16(11-14)18(5)13(4)10-12(2)3/h12-16H,6-11H2,1-5H3,(H,19,20). The number of carbonyl (C=O) groups is 1. The molecule has 0 aliphatic heterocycles. The van der Waals surface area contributed by atoms with Crippen LogP contribution in [0, 0.1) is 17.8 Å². The molecule has 1 fully saturated rings. The summed E-state index contributed by atoms with van der Waals surface area (Å²) in [7, 11) is 2.13. The Morgan fingerprint density at radius 2 is 1.95 bits per heavy atom. The van der Waals surface area contributed by atoms with Gasteiger partial charge >= 0.3 is 5.97 Å². The Morgan fingerprint density at radius 3 is 2.45 bits per heavy atom. The lowest BCUT2D eigenvalue weighted by Crippen LogP contribution is -2.49. The van der Waals surface area contributed by atoms with Gasteiger partial charge in [-0.2, -0.15) is 0 Å². The molecule has 1 N–H and O–H groups in total. The fourth-order valence-corrected chi connectivity index (χ4v) is 3.82. The number of carboxylic acid groups (broad SMARTS) is 1. The molecule has 4 atom stereocenters. The number of nitrogens with zero attached hydrogens (tertiary/aromatic N) is 1. The van der Waals surface area contributed by atoms with Gasteiger partial charge in [-0.3, -0.25) is 9.69 Å². The molecule has 4 unspecified atom stereocenters. The van der Waals surface area contributed by atoms with Gasteiger partial charge in [0.05, 0.1) is 5.92 Å². The molecule has 0 radical (unpaired) electrons. The molecule has 20 heavy (non-hydrogen) atoms. The highest BCUT2D eigenvalue weighted by Crippen LogP contribution is 2.35. The smallest absolute Gasteiger partial charge is 0.308 e. The molecule has 0 spiro atoms. The zero-order valence-corrected chi connectivity index (χ0v) is 13.9. The second kappa shape index (κ2) is 8.02. The fraction of sp³-hybridized carbons (Fsp3) is 0.941.